The minimum Gasteiger partial charge on any atom is -0.445 e. The molecule has 3 aromatic carbocycles. The van der Waals surface area contributed by atoms with Crippen molar-refractivity contribution in [2.75, 3.05) is 33.2 Å². The number of sulfonamides is 1. The Morgan fingerprint density at radius 1 is 0.927 bits per heavy atom. The zero-order valence-electron chi connectivity index (χ0n) is 24.4. The van der Waals surface area contributed by atoms with Crippen molar-refractivity contribution in [2.45, 2.75) is 62.6 Å². The Hall–Kier alpha value is -3.20. The molecule has 0 bridgehead atoms. The van der Waals surface area contributed by atoms with E-state index in [-0.39, 0.29) is 30.7 Å². The van der Waals surface area contributed by atoms with E-state index in [1.165, 1.54) is 4.31 Å². The summed E-state index contributed by atoms with van der Waals surface area (Å²) in [5.74, 6) is 0.0486. The minimum atomic E-state index is -3.58. The zero-order valence-corrected chi connectivity index (χ0v) is 25.2. The topological polar surface area (TPSA) is 70.2 Å². The Balaban J connectivity index is 1.36. The highest BCUT2D eigenvalue weighted by atomic mass is 32.2. The van der Waals surface area contributed by atoms with Gasteiger partial charge in [0, 0.05) is 45.3 Å². The van der Waals surface area contributed by atoms with Crippen LogP contribution in [0.25, 0.3) is 0 Å². The minimum absolute atomic E-state index is 0.0486. The molecule has 0 aromatic heterocycles. The predicted molar refractivity (Wildman–Crippen MR) is 163 cm³/mol. The molecule has 1 aliphatic heterocycles. The van der Waals surface area contributed by atoms with Gasteiger partial charge >= 0.3 is 6.09 Å². The number of carbonyl (C=O) groups excluding carboxylic acids is 1. The summed E-state index contributed by atoms with van der Waals surface area (Å²) >= 11 is 0. The molecule has 2 atom stereocenters. The molecule has 0 aliphatic carbocycles. The van der Waals surface area contributed by atoms with Gasteiger partial charge in [-0.3, -0.25) is 0 Å². The molecule has 2 unspecified atom stereocenters. The molecule has 1 heterocycles. The Morgan fingerprint density at radius 2 is 1.49 bits per heavy atom. The summed E-state index contributed by atoms with van der Waals surface area (Å²) in [6.07, 6.45) is 2.35. The lowest BCUT2D eigenvalue weighted by Crippen LogP contribution is -2.49. The highest BCUT2D eigenvalue weighted by Gasteiger charge is 2.31. The van der Waals surface area contributed by atoms with Crippen LogP contribution in [0.1, 0.15) is 50.2 Å². The first kappa shape index (κ1) is 30.8. The van der Waals surface area contributed by atoms with E-state index in [1.807, 2.05) is 66.4 Å². The van der Waals surface area contributed by atoms with Crippen molar-refractivity contribution in [3.05, 3.63) is 102 Å². The molecule has 3 aromatic rings. The molecule has 1 saturated heterocycles. The van der Waals surface area contributed by atoms with Crippen LogP contribution in [-0.2, 0) is 21.4 Å². The fourth-order valence-corrected chi connectivity index (χ4v) is 7.00. The first-order valence-electron chi connectivity index (χ1n) is 14.6. The van der Waals surface area contributed by atoms with E-state index in [0.29, 0.717) is 18.0 Å². The van der Waals surface area contributed by atoms with Gasteiger partial charge in [-0.15, -0.1) is 0 Å². The third-order valence-electron chi connectivity index (χ3n) is 8.17. The number of carbonyl (C=O) groups is 1. The summed E-state index contributed by atoms with van der Waals surface area (Å²) in [6, 6.07) is 29.0. The van der Waals surface area contributed by atoms with Crippen molar-refractivity contribution in [1.29, 1.82) is 0 Å². The first-order valence-corrected chi connectivity index (χ1v) is 16.0. The third kappa shape index (κ3) is 8.18. The Kier molecular flexibility index (Phi) is 11.0. The summed E-state index contributed by atoms with van der Waals surface area (Å²) in [7, 11) is -1.91. The molecule has 0 radical (unpaired) electrons. The molecule has 1 amide bonds. The quantitative estimate of drug-likeness (QED) is 0.264. The van der Waals surface area contributed by atoms with Crippen LogP contribution in [0.3, 0.4) is 0 Å². The molecule has 4 rings (SSSR count). The molecule has 8 heteroatoms. The lowest BCUT2D eigenvalue weighted by molar-refractivity contribution is 0.0549. The third-order valence-corrected chi connectivity index (χ3v) is 10.0. The molecule has 0 spiro atoms. The van der Waals surface area contributed by atoms with E-state index in [9.17, 15) is 13.2 Å². The molecule has 0 N–H and O–H groups in total. The number of piperidine rings is 1. The van der Waals surface area contributed by atoms with Crippen molar-refractivity contribution in [2.24, 2.45) is 0 Å². The van der Waals surface area contributed by atoms with Gasteiger partial charge in [-0.1, -0.05) is 78.9 Å². The molecule has 220 valence electrons. The number of benzene rings is 3. The van der Waals surface area contributed by atoms with Gasteiger partial charge in [-0.2, -0.15) is 0 Å². The lowest BCUT2D eigenvalue weighted by Gasteiger charge is -2.41. The number of ether oxygens (including phenoxy) is 1. The fourth-order valence-electron chi connectivity index (χ4n) is 5.76. The second kappa shape index (κ2) is 14.6. The molecule has 0 saturated carbocycles. The smallest absolute Gasteiger partial charge is 0.410 e. The number of rotatable bonds is 12. The molecular formula is C33H43N3O4S. The Labute approximate surface area is 245 Å². The predicted octanol–water partition coefficient (Wildman–Crippen LogP) is 5.99. The second-order valence-corrected chi connectivity index (χ2v) is 12.9. The van der Waals surface area contributed by atoms with E-state index in [1.54, 1.807) is 31.3 Å². The molecule has 7 nitrogen and oxygen atoms in total. The molecule has 41 heavy (non-hydrogen) atoms. The number of hydrogen-bond acceptors (Lipinski definition) is 5. The van der Waals surface area contributed by atoms with Crippen LogP contribution in [0.5, 0.6) is 0 Å². The van der Waals surface area contributed by atoms with E-state index in [0.717, 1.165) is 43.5 Å². The van der Waals surface area contributed by atoms with Crippen molar-refractivity contribution >= 4 is 16.1 Å². The van der Waals surface area contributed by atoms with Gasteiger partial charge < -0.3 is 14.5 Å². The van der Waals surface area contributed by atoms with Gasteiger partial charge in [-0.05, 0) is 62.3 Å². The highest BCUT2D eigenvalue weighted by molar-refractivity contribution is 7.89. The van der Waals surface area contributed by atoms with Gasteiger partial charge in [0.05, 0.1) is 4.90 Å². The standard InChI is InChI=1S/C33H43N3O4S/c1-4-36(33(37)40-26-28-14-8-5-9-15-28)31-20-22-35(23-21-31)27(2)24-30(29-16-10-6-11-17-29)25-34(3)41(38,39)32-18-12-7-13-19-32/h5-19,27,30-31H,4,20-26H2,1-3H3. The SMILES string of the molecule is CCN(C(=O)OCc1ccccc1)C1CCN(C(C)CC(CN(C)S(=O)(=O)c2ccccc2)c2ccccc2)CC1. The van der Waals surface area contributed by atoms with Crippen LogP contribution in [0, 0.1) is 0 Å². The number of nitrogens with zero attached hydrogens (tertiary/aromatic N) is 3. The van der Waals surface area contributed by atoms with Gasteiger partial charge in [0.15, 0.2) is 0 Å². The van der Waals surface area contributed by atoms with Crippen molar-refractivity contribution < 1.29 is 17.9 Å². The summed E-state index contributed by atoms with van der Waals surface area (Å²) in [6.45, 7) is 7.30. The summed E-state index contributed by atoms with van der Waals surface area (Å²) in [5.41, 5.74) is 2.12. The highest BCUT2D eigenvalue weighted by Crippen LogP contribution is 2.28. The van der Waals surface area contributed by atoms with Crippen LogP contribution in [-0.4, -0.2) is 73.9 Å². The number of hydrogen-bond donors (Lipinski definition) is 0. The van der Waals surface area contributed by atoms with Gasteiger partial charge in [0.2, 0.25) is 10.0 Å². The average molecular weight is 578 g/mol. The number of likely N-dealkylation sites (N-methyl/N-ethyl adjacent to an activating group) is 1. The maximum atomic E-state index is 13.3. The monoisotopic (exact) mass is 577 g/mol. The average Bonchev–Trinajstić information content (AvgIpc) is 3.01. The van der Waals surface area contributed by atoms with Crippen LogP contribution < -0.4 is 0 Å². The number of likely N-dealkylation sites (tertiary alicyclic amines) is 1. The van der Waals surface area contributed by atoms with Crippen LogP contribution in [0.15, 0.2) is 95.9 Å². The van der Waals surface area contributed by atoms with E-state index >= 15 is 0 Å². The van der Waals surface area contributed by atoms with E-state index < -0.39 is 10.0 Å². The zero-order chi connectivity index (χ0) is 29.2. The first-order chi connectivity index (χ1) is 19.8. The van der Waals surface area contributed by atoms with E-state index in [2.05, 4.69) is 24.0 Å². The number of amides is 1. The lowest BCUT2D eigenvalue weighted by atomic mass is 9.91. The van der Waals surface area contributed by atoms with Crippen molar-refractivity contribution in [3.63, 3.8) is 0 Å². The van der Waals surface area contributed by atoms with Crippen LogP contribution in [0.2, 0.25) is 0 Å². The fraction of sp³-hybridized carbons (Fsp3) is 0.424. The largest absolute Gasteiger partial charge is 0.445 e. The Bertz CT molecular complexity index is 1310. The van der Waals surface area contributed by atoms with E-state index in [4.69, 9.17) is 4.74 Å². The Morgan fingerprint density at radius 3 is 2.07 bits per heavy atom. The van der Waals surface area contributed by atoms with Gasteiger partial charge in [0.1, 0.15) is 6.61 Å². The van der Waals surface area contributed by atoms with Gasteiger partial charge in [0.25, 0.3) is 0 Å². The maximum absolute atomic E-state index is 13.3. The van der Waals surface area contributed by atoms with Crippen LogP contribution >= 0.6 is 0 Å². The van der Waals surface area contributed by atoms with Crippen molar-refractivity contribution in [1.82, 2.24) is 14.1 Å². The molecule has 1 aliphatic rings. The molecular weight excluding hydrogens is 534 g/mol. The van der Waals surface area contributed by atoms with Crippen LogP contribution in [0.4, 0.5) is 4.79 Å². The maximum Gasteiger partial charge on any atom is 0.410 e. The van der Waals surface area contributed by atoms with Gasteiger partial charge in [-0.25, -0.2) is 17.5 Å². The summed E-state index contributed by atoms with van der Waals surface area (Å²) in [4.78, 5) is 17.5. The normalized spacial score (nSPS) is 16.3. The second-order valence-electron chi connectivity index (χ2n) is 10.9. The van der Waals surface area contributed by atoms with Crippen molar-refractivity contribution in [3.8, 4) is 0 Å². The summed E-state index contributed by atoms with van der Waals surface area (Å²) < 4.78 is 33.7. The molecule has 1 fully saturated rings. The summed E-state index contributed by atoms with van der Waals surface area (Å²) in [5, 5.41) is 0.